The first-order valence-corrected chi connectivity index (χ1v) is 20.3. The molecule has 0 saturated heterocycles. The topological polar surface area (TPSA) is 60.0 Å². The molecule has 8 aromatic carbocycles. The Bertz CT molecular complexity index is 3440. The van der Waals surface area contributed by atoms with Crippen molar-refractivity contribution in [1.82, 2.24) is 24.4 Å². The van der Waals surface area contributed by atoms with Gasteiger partial charge in [0.1, 0.15) is 0 Å². The second kappa shape index (κ2) is 13.8. The third-order valence-corrected chi connectivity index (χ3v) is 11.8. The van der Waals surface area contributed by atoms with Crippen molar-refractivity contribution in [3.63, 3.8) is 0 Å². The highest BCUT2D eigenvalue weighted by Crippen LogP contribution is 2.44. The highest BCUT2D eigenvalue weighted by atomic mass is 15.2. The number of rotatable bonds is 5. The van der Waals surface area contributed by atoms with E-state index in [-0.39, 0.29) is 6.04 Å². The van der Waals surface area contributed by atoms with E-state index in [0.29, 0.717) is 5.95 Å². The molecule has 3 aromatic heterocycles. The van der Waals surface area contributed by atoms with E-state index in [1.165, 1.54) is 21.7 Å². The maximum atomic E-state index is 5.43. The maximum Gasteiger partial charge on any atom is 0.235 e. The molecule has 6 heteroatoms. The molecule has 0 aliphatic carbocycles. The zero-order valence-corrected chi connectivity index (χ0v) is 32.4. The highest BCUT2D eigenvalue weighted by Gasteiger charge is 2.27. The molecule has 12 rings (SSSR count). The standard InChI is InChI=1S/C54H36N6/c1-5-18-36(19-6-1)42-33-43(37-20-7-2-8-21-37)56-53(55-42)59-46-28-16-15-27-41(46)51-48(59)31-32-49-52(51)50-40-26-14-13-17-35(40)29-30-47(50)60(49)54-57-44(38-22-9-3-10-23-38)34-45(58-54)39-24-11-4-12-25-39/h1-34,44H,(H,57,58). The minimum absolute atomic E-state index is 0.0969. The third-order valence-electron chi connectivity index (χ3n) is 11.8. The van der Waals surface area contributed by atoms with Crippen LogP contribution in [0.15, 0.2) is 211 Å². The van der Waals surface area contributed by atoms with Gasteiger partial charge in [-0.05, 0) is 52.7 Å². The minimum Gasteiger partial charge on any atom is -0.345 e. The van der Waals surface area contributed by atoms with Crippen LogP contribution in [0.5, 0.6) is 0 Å². The predicted octanol–water partition coefficient (Wildman–Crippen LogP) is 12.8. The molecule has 1 N–H and O–H groups in total. The largest absolute Gasteiger partial charge is 0.345 e. The summed E-state index contributed by atoms with van der Waals surface area (Å²) in [6.07, 6.45) is 2.23. The van der Waals surface area contributed by atoms with E-state index in [4.69, 9.17) is 15.0 Å². The molecule has 1 aliphatic heterocycles. The first kappa shape index (κ1) is 34.0. The summed E-state index contributed by atoms with van der Waals surface area (Å²) in [7, 11) is 0. The van der Waals surface area contributed by atoms with Crippen LogP contribution < -0.4 is 5.32 Å². The van der Waals surface area contributed by atoms with E-state index in [0.717, 1.165) is 78.0 Å². The van der Waals surface area contributed by atoms with Crippen LogP contribution in [0.25, 0.3) is 88.5 Å². The molecule has 1 aliphatic rings. The van der Waals surface area contributed by atoms with Crippen LogP contribution >= 0.6 is 0 Å². The number of nitrogens with zero attached hydrogens (tertiary/aromatic N) is 5. The highest BCUT2D eigenvalue weighted by molar-refractivity contribution is 6.34. The number of nitrogens with one attached hydrogen (secondary N) is 1. The van der Waals surface area contributed by atoms with E-state index in [9.17, 15) is 0 Å². The zero-order chi connectivity index (χ0) is 39.6. The van der Waals surface area contributed by atoms with Crippen molar-refractivity contribution in [2.45, 2.75) is 6.04 Å². The summed E-state index contributed by atoms with van der Waals surface area (Å²) in [5.74, 6) is 1.39. The van der Waals surface area contributed by atoms with Crippen molar-refractivity contribution in [1.29, 1.82) is 0 Å². The normalized spacial score (nSPS) is 14.2. The summed E-state index contributed by atoms with van der Waals surface area (Å²) < 4.78 is 4.57. The van der Waals surface area contributed by atoms with Gasteiger partial charge in [0, 0.05) is 38.2 Å². The van der Waals surface area contributed by atoms with E-state index >= 15 is 0 Å². The Morgan fingerprint density at radius 2 is 0.933 bits per heavy atom. The zero-order valence-electron chi connectivity index (χ0n) is 32.4. The predicted molar refractivity (Wildman–Crippen MR) is 247 cm³/mol. The fourth-order valence-electron chi connectivity index (χ4n) is 9.07. The number of para-hydroxylation sites is 1. The van der Waals surface area contributed by atoms with Crippen molar-refractivity contribution in [3.05, 3.63) is 217 Å². The monoisotopic (exact) mass is 768 g/mol. The van der Waals surface area contributed by atoms with Crippen LogP contribution in [0.3, 0.4) is 0 Å². The van der Waals surface area contributed by atoms with E-state index in [2.05, 4.69) is 209 Å². The lowest BCUT2D eigenvalue weighted by Gasteiger charge is -2.25. The Labute approximate surface area is 346 Å². The van der Waals surface area contributed by atoms with Gasteiger partial charge in [0.05, 0.1) is 45.2 Å². The van der Waals surface area contributed by atoms with E-state index < -0.39 is 0 Å². The number of hydrogen-bond acceptors (Lipinski definition) is 4. The second-order valence-corrected chi connectivity index (χ2v) is 15.3. The van der Waals surface area contributed by atoms with Crippen LogP contribution in [0, 0.1) is 0 Å². The van der Waals surface area contributed by atoms with Crippen molar-refractivity contribution in [2.75, 3.05) is 0 Å². The van der Waals surface area contributed by atoms with Crippen LogP contribution in [-0.2, 0) is 0 Å². The Balaban J connectivity index is 1.18. The van der Waals surface area contributed by atoms with E-state index in [1.54, 1.807) is 0 Å². The van der Waals surface area contributed by atoms with Crippen LogP contribution in [0.4, 0.5) is 0 Å². The smallest absolute Gasteiger partial charge is 0.235 e. The number of fused-ring (bicyclic) bond motifs is 9. The lowest BCUT2D eigenvalue weighted by Crippen LogP contribution is -2.35. The quantitative estimate of drug-likeness (QED) is 0.190. The third kappa shape index (κ3) is 5.46. The molecule has 0 bridgehead atoms. The summed E-state index contributed by atoms with van der Waals surface area (Å²) in [4.78, 5) is 16.1. The number of aromatic nitrogens is 4. The van der Waals surface area contributed by atoms with Crippen molar-refractivity contribution >= 4 is 66.0 Å². The van der Waals surface area contributed by atoms with Crippen molar-refractivity contribution in [2.24, 2.45) is 4.99 Å². The van der Waals surface area contributed by atoms with Crippen molar-refractivity contribution < 1.29 is 0 Å². The molecule has 0 radical (unpaired) electrons. The average Bonchev–Trinajstić information content (AvgIpc) is 3.86. The van der Waals surface area contributed by atoms with Gasteiger partial charge < -0.3 is 5.32 Å². The van der Waals surface area contributed by atoms with Gasteiger partial charge in [-0.15, -0.1) is 0 Å². The van der Waals surface area contributed by atoms with Gasteiger partial charge in [-0.3, -0.25) is 9.13 Å². The number of hydrogen-bond donors (Lipinski definition) is 1. The minimum atomic E-state index is -0.0969. The molecular formula is C54H36N6. The number of aliphatic imine (C=N–C) groups is 1. The van der Waals surface area contributed by atoms with Gasteiger partial charge in [0.25, 0.3) is 0 Å². The fourth-order valence-corrected chi connectivity index (χ4v) is 9.07. The van der Waals surface area contributed by atoms with Gasteiger partial charge in [0.2, 0.25) is 11.9 Å². The molecule has 6 nitrogen and oxygen atoms in total. The molecule has 282 valence electrons. The van der Waals surface area contributed by atoms with Gasteiger partial charge in [-0.25, -0.2) is 15.0 Å². The summed E-state index contributed by atoms with van der Waals surface area (Å²) >= 11 is 0. The Morgan fingerprint density at radius 1 is 0.417 bits per heavy atom. The summed E-state index contributed by atoms with van der Waals surface area (Å²) in [6, 6.07) is 70.2. The molecule has 11 aromatic rings. The maximum absolute atomic E-state index is 5.43. The lowest BCUT2D eigenvalue weighted by molar-refractivity contribution is 0.760. The fraction of sp³-hybridized carbons (Fsp3) is 0.0185. The Hall–Kier alpha value is -8.09. The van der Waals surface area contributed by atoms with Gasteiger partial charge in [-0.2, -0.15) is 0 Å². The summed E-state index contributed by atoms with van der Waals surface area (Å²) in [5.41, 5.74) is 11.2. The molecule has 1 atom stereocenters. The van der Waals surface area contributed by atoms with Crippen LogP contribution in [-0.4, -0.2) is 25.1 Å². The van der Waals surface area contributed by atoms with Crippen molar-refractivity contribution in [3.8, 4) is 28.5 Å². The van der Waals surface area contributed by atoms with Gasteiger partial charge in [-0.1, -0.05) is 170 Å². The molecule has 0 saturated carbocycles. The molecule has 4 heterocycles. The molecule has 0 fully saturated rings. The Kier molecular flexibility index (Phi) is 7.81. The average molecular weight is 769 g/mol. The number of benzene rings is 8. The first-order valence-electron chi connectivity index (χ1n) is 20.3. The molecule has 0 spiro atoms. The Morgan fingerprint density at radius 3 is 1.62 bits per heavy atom. The first-order chi connectivity index (χ1) is 29.8. The van der Waals surface area contributed by atoms with Crippen LogP contribution in [0.1, 0.15) is 17.2 Å². The molecule has 60 heavy (non-hydrogen) atoms. The molecular weight excluding hydrogens is 733 g/mol. The molecule has 1 unspecified atom stereocenters. The SMILES string of the molecule is C1=C(c2ccccc2)N=C(n2c3ccc4ccccc4c3c3c4c5ccccc5n(-c5nc(-c6ccccc6)cc(-c6ccccc6)n5)c4ccc32)NC1c1ccccc1. The molecule has 0 amide bonds. The summed E-state index contributed by atoms with van der Waals surface area (Å²) in [6.45, 7) is 0. The van der Waals surface area contributed by atoms with Crippen LogP contribution in [0.2, 0.25) is 0 Å². The lowest BCUT2D eigenvalue weighted by atomic mass is 10.0. The van der Waals surface area contributed by atoms with Gasteiger partial charge >= 0.3 is 0 Å². The second-order valence-electron chi connectivity index (χ2n) is 15.3. The van der Waals surface area contributed by atoms with Gasteiger partial charge in [0.15, 0.2) is 0 Å². The summed E-state index contributed by atoms with van der Waals surface area (Å²) in [5, 5.41) is 10.9. The van der Waals surface area contributed by atoms with E-state index in [1.807, 2.05) is 12.1 Å².